The molecule has 1 amide bonds. The van der Waals surface area contributed by atoms with Gasteiger partial charge in [-0.2, -0.15) is 4.31 Å². The van der Waals surface area contributed by atoms with Crippen molar-refractivity contribution in [3.05, 3.63) is 75.7 Å². The average Bonchev–Trinajstić information content (AvgIpc) is 2.72. The van der Waals surface area contributed by atoms with Gasteiger partial charge in [0.25, 0.3) is 5.91 Å². The number of nitrogens with one attached hydrogen (secondary N) is 1. The summed E-state index contributed by atoms with van der Waals surface area (Å²) in [6, 6.07) is 15.5. The van der Waals surface area contributed by atoms with E-state index in [-0.39, 0.29) is 10.8 Å². The average molecular weight is 433 g/mol. The molecule has 1 saturated heterocycles. The number of sulfonamides is 1. The maximum absolute atomic E-state index is 12.9. The topological polar surface area (TPSA) is 66.5 Å². The summed E-state index contributed by atoms with van der Waals surface area (Å²) in [5.74, 6) is -0.348. The molecule has 1 heterocycles. The number of nitrogens with zero attached hydrogens (tertiary/aromatic N) is 1. The zero-order valence-corrected chi connectivity index (χ0v) is 18.0. The molecule has 2 aromatic rings. The predicted molar refractivity (Wildman–Crippen MR) is 117 cm³/mol. The zero-order chi connectivity index (χ0) is 20.9. The van der Waals surface area contributed by atoms with Gasteiger partial charge in [-0.25, -0.2) is 8.42 Å². The van der Waals surface area contributed by atoms with Gasteiger partial charge in [-0.1, -0.05) is 68.1 Å². The van der Waals surface area contributed by atoms with E-state index >= 15 is 0 Å². The summed E-state index contributed by atoms with van der Waals surface area (Å²) in [4.78, 5) is 12.9. The minimum absolute atomic E-state index is 0.236. The van der Waals surface area contributed by atoms with Crippen LogP contribution in [0.2, 0.25) is 5.02 Å². The van der Waals surface area contributed by atoms with Crippen molar-refractivity contribution in [2.75, 3.05) is 13.1 Å². The molecule has 2 aromatic carbocycles. The van der Waals surface area contributed by atoms with Gasteiger partial charge in [-0.15, -0.1) is 0 Å². The largest absolute Gasteiger partial charge is 0.320 e. The summed E-state index contributed by atoms with van der Waals surface area (Å²) >= 11 is 5.98. The highest BCUT2D eigenvalue weighted by Crippen LogP contribution is 2.33. The van der Waals surface area contributed by atoms with Crippen LogP contribution in [0.25, 0.3) is 5.70 Å². The van der Waals surface area contributed by atoms with Gasteiger partial charge in [0.1, 0.15) is 0 Å². The molecule has 0 radical (unpaired) electrons. The lowest BCUT2D eigenvalue weighted by Crippen LogP contribution is -2.47. The fourth-order valence-corrected chi connectivity index (χ4v) is 4.87. The fraction of sp³-hybridized carbons (Fsp3) is 0.318. The van der Waals surface area contributed by atoms with E-state index in [1.54, 1.807) is 48.5 Å². The van der Waals surface area contributed by atoms with E-state index in [1.807, 2.05) is 6.07 Å². The lowest BCUT2D eigenvalue weighted by molar-refractivity contribution is 0.0973. The van der Waals surface area contributed by atoms with Crippen LogP contribution < -0.4 is 5.32 Å². The van der Waals surface area contributed by atoms with Gasteiger partial charge in [0.05, 0.1) is 17.1 Å². The molecule has 5 nitrogen and oxygen atoms in total. The van der Waals surface area contributed by atoms with Crippen LogP contribution in [-0.2, 0) is 10.0 Å². The lowest BCUT2D eigenvalue weighted by Gasteiger charge is -2.35. The van der Waals surface area contributed by atoms with Crippen LogP contribution in [-0.4, -0.2) is 31.7 Å². The predicted octanol–water partition coefficient (Wildman–Crippen LogP) is 4.66. The van der Waals surface area contributed by atoms with Crippen LogP contribution in [0.3, 0.4) is 0 Å². The number of halogens is 1. The van der Waals surface area contributed by atoms with E-state index in [0.717, 1.165) is 25.7 Å². The molecule has 0 bridgehead atoms. The Hall–Kier alpha value is -2.15. The molecule has 0 unspecified atom stereocenters. The molecule has 0 spiro atoms. The SMILES string of the molecule is CCCCCCN1C/C(=C(\NC(=O)c2ccccc2)c2ccc(Cl)cc2)S1(=O)=O. The minimum Gasteiger partial charge on any atom is -0.320 e. The second-order valence-electron chi connectivity index (χ2n) is 7.02. The van der Waals surface area contributed by atoms with Crippen molar-refractivity contribution in [1.82, 2.24) is 9.62 Å². The van der Waals surface area contributed by atoms with Crippen molar-refractivity contribution in [3.8, 4) is 0 Å². The van der Waals surface area contributed by atoms with Crippen molar-refractivity contribution >= 4 is 33.2 Å². The van der Waals surface area contributed by atoms with Crippen LogP contribution in [0.15, 0.2) is 59.5 Å². The van der Waals surface area contributed by atoms with Crippen LogP contribution in [0.4, 0.5) is 0 Å². The summed E-state index contributed by atoms with van der Waals surface area (Å²) < 4.78 is 27.3. The smallest absolute Gasteiger partial charge is 0.255 e. The highest BCUT2D eigenvalue weighted by atomic mass is 35.5. The summed E-state index contributed by atoms with van der Waals surface area (Å²) in [5.41, 5.74) is 1.40. The lowest BCUT2D eigenvalue weighted by atomic mass is 10.1. The van der Waals surface area contributed by atoms with E-state index in [0.29, 0.717) is 34.9 Å². The van der Waals surface area contributed by atoms with Crippen molar-refractivity contribution in [2.45, 2.75) is 32.6 Å². The Bertz CT molecular complexity index is 986. The van der Waals surface area contributed by atoms with Crippen molar-refractivity contribution in [1.29, 1.82) is 0 Å². The van der Waals surface area contributed by atoms with Gasteiger partial charge >= 0.3 is 0 Å². The summed E-state index contributed by atoms with van der Waals surface area (Å²) in [5, 5.41) is 3.36. The van der Waals surface area contributed by atoms with Crippen molar-refractivity contribution in [2.24, 2.45) is 0 Å². The third kappa shape index (κ3) is 5.07. The molecule has 0 atom stereocenters. The first-order valence-corrected chi connectivity index (χ1v) is 11.6. The highest BCUT2D eigenvalue weighted by Gasteiger charge is 2.41. The Morgan fingerprint density at radius 2 is 1.69 bits per heavy atom. The number of hydrogen-bond acceptors (Lipinski definition) is 3. The van der Waals surface area contributed by atoms with Gasteiger partial charge in [0.15, 0.2) is 0 Å². The van der Waals surface area contributed by atoms with Gasteiger partial charge in [0.2, 0.25) is 10.0 Å². The molecule has 1 aliphatic heterocycles. The Morgan fingerprint density at radius 1 is 1.00 bits per heavy atom. The molecule has 0 saturated carbocycles. The second-order valence-corrected chi connectivity index (χ2v) is 9.42. The number of benzene rings is 2. The molecule has 1 aliphatic rings. The first-order valence-electron chi connectivity index (χ1n) is 9.79. The maximum atomic E-state index is 12.9. The Kier molecular flexibility index (Phi) is 7.11. The first-order chi connectivity index (χ1) is 13.9. The van der Waals surface area contributed by atoms with E-state index < -0.39 is 10.0 Å². The van der Waals surface area contributed by atoms with Crippen molar-refractivity contribution in [3.63, 3.8) is 0 Å². The molecule has 1 N–H and O–H groups in total. The number of carbonyl (C=O) groups is 1. The molecular weight excluding hydrogens is 408 g/mol. The number of rotatable bonds is 8. The fourth-order valence-electron chi connectivity index (χ4n) is 3.23. The normalized spacial score (nSPS) is 17.4. The molecule has 3 rings (SSSR count). The highest BCUT2D eigenvalue weighted by molar-refractivity contribution is 7.94. The molecular formula is C22H25ClN2O3S. The van der Waals surface area contributed by atoms with E-state index in [4.69, 9.17) is 11.6 Å². The first kappa shape index (κ1) is 21.6. The third-order valence-electron chi connectivity index (χ3n) is 4.92. The Labute approximate surface area is 177 Å². The van der Waals surface area contributed by atoms with Gasteiger partial charge in [0, 0.05) is 17.1 Å². The van der Waals surface area contributed by atoms with E-state index in [9.17, 15) is 13.2 Å². The van der Waals surface area contributed by atoms with Crippen LogP contribution in [0, 0.1) is 0 Å². The second kappa shape index (κ2) is 9.57. The number of carbonyl (C=O) groups excluding carboxylic acids is 1. The van der Waals surface area contributed by atoms with Crippen LogP contribution >= 0.6 is 11.6 Å². The molecule has 0 aliphatic carbocycles. The standard InChI is InChI=1S/C22H25ClN2O3S/c1-2-3-4-8-15-25-16-20(29(25,27)28)21(17-11-13-19(23)14-12-17)24-22(26)18-9-6-5-7-10-18/h5-7,9-14H,2-4,8,15-16H2,1H3,(H,24,26)/b21-20+. The number of amides is 1. The monoisotopic (exact) mass is 432 g/mol. The summed E-state index contributed by atoms with van der Waals surface area (Å²) in [7, 11) is -3.57. The molecule has 1 fully saturated rings. The van der Waals surface area contributed by atoms with E-state index in [2.05, 4.69) is 12.2 Å². The maximum Gasteiger partial charge on any atom is 0.255 e. The molecule has 29 heavy (non-hydrogen) atoms. The minimum atomic E-state index is -3.57. The molecule has 0 aromatic heterocycles. The third-order valence-corrected chi connectivity index (χ3v) is 7.12. The van der Waals surface area contributed by atoms with Gasteiger partial charge < -0.3 is 5.32 Å². The summed E-state index contributed by atoms with van der Waals surface area (Å²) in [6.07, 6.45) is 4.05. The Morgan fingerprint density at radius 3 is 2.31 bits per heavy atom. The van der Waals surface area contributed by atoms with Crippen molar-refractivity contribution < 1.29 is 13.2 Å². The van der Waals surface area contributed by atoms with Gasteiger partial charge in [-0.3, -0.25) is 4.79 Å². The molecule has 154 valence electrons. The Balaban J connectivity index is 1.87. The van der Waals surface area contributed by atoms with Gasteiger partial charge in [-0.05, 0) is 36.2 Å². The van der Waals surface area contributed by atoms with Crippen LogP contribution in [0.1, 0.15) is 48.5 Å². The van der Waals surface area contributed by atoms with E-state index in [1.165, 1.54) is 4.31 Å². The van der Waals surface area contributed by atoms with Crippen LogP contribution in [0.5, 0.6) is 0 Å². The summed E-state index contributed by atoms with van der Waals surface area (Å²) in [6.45, 7) is 2.92. The zero-order valence-electron chi connectivity index (χ0n) is 16.4. The quantitative estimate of drug-likeness (QED) is 0.616. The number of unbranched alkanes of at least 4 members (excludes halogenated alkanes) is 3. The number of hydrogen-bond donors (Lipinski definition) is 1. The molecule has 7 heteroatoms.